The van der Waals surface area contributed by atoms with Gasteiger partial charge in [0.15, 0.2) is 6.29 Å². The van der Waals surface area contributed by atoms with Crippen molar-refractivity contribution in [3.8, 4) is 0 Å². The van der Waals surface area contributed by atoms with E-state index in [2.05, 4.69) is 4.98 Å². The molecule has 84 valence electrons. The van der Waals surface area contributed by atoms with Crippen LogP contribution in [0.1, 0.15) is 21.6 Å². The van der Waals surface area contributed by atoms with Crippen molar-refractivity contribution in [3.63, 3.8) is 0 Å². The summed E-state index contributed by atoms with van der Waals surface area (Å²) in [6.07, 6.45) is -3.86. The van der Waals surface area contributed by atoms with Crippen LogP contribution in [0.15, 0.2) is 18.2 Å². The largest absolute Gasteiger partial charge is 0.418 e. The number of aldehydes is 1. The number of benzene rings is 1. The smallest absolute Gasteiger partial charge is 0.358 e. The predicted octanol–water partition coefficient (Wildman–Crippen LogP) is 3.31. The second kappa shape index (κ2) is 3.37. The Morgan fingerprint density at radius 1 is 1.31 bits per heavy atom. The quantitative estimate of drug-likeness (QED) is 0.745. The third-order valence-corrected chi connectivity index (χ3v) is 2.49. The summed E-state index contributed by atoms with van der Waals surface area (Å²) in [6.45, 7) is 1.57. The molecule has 0 saturated heterocycles. The number of aryl methyl sites for hydroxylation is 1. The number of aromatic amines is 1. The molecule has 1 aromatic heterocycles. The lowest BCUT2D eigenvalue weighted by molar-refractivity contribution is -0.136. The average Bonchev–Trinajstić information content (AvgIpc) is 2.50. The molecule has 0 radical (unpaired) electrons. The van der Waals surface area contributed by atoms with Gasteiger partial charge in [-0.3, -0.25) is 4.79 Å². The summed E-state index contributed by atoms with van der Waals surface area (Å²) in [6, 6.07) is 3.79. The van der Waals surface area contributed by atoms with E-state index in [1.54, 1.807) is 6.92 Å². The molecule has 0 bridgehead atoms. The first-order valence-electron chi connectivity index (χ1n) is 4.59. The summed E-state index contributed by atoms with van der Waals surface area (Å²) in [4.78, 5) is 13.4. The fraction of sp³-hybridized carbons (Fsp3) is 0.182. The Hall–Kier alpha value is -1.78. The molecule has 0 atom stereocenters. The molecule has 1 aromatic carbocycles. The fourth-order valence-electron chi connectivity index (χ4n) is 1.76. The highest BCUT2D eigenvalue weighted by Crippen LogP contribution is 2.35. The molecule has 0 aliphatic carbocycles. The Morgan fingerprint density at radius 3 is 2.56 bits per heavy atom. The van der Waals surface area contributed by atoms with Crippen LogP contribution in [0.2, 0.25) is 0 Å². The fourth-order valence-corrected chi connectivity index (χ4v) is 1.76. The number of fused-ring (bicyclic) bond motifs is 1. The Kier molecular flexibility index (Phi) is 2.26. The van der Waals surface area contributed by atoms with E-state index in [0.29, 0.717) is 17.4 Å². The predicted molar refractivity (Wildman–Crippen MR) is 53.4 cm³/mol. The van der Waals surface area contributed by atoms with Crippen LogP contribution in [0.25, 0.3) is 10.9 Å². The minimum atomic E-state index is -4.42. The number of hydrogen-bond acceptors (Lipinski definition) is 1. The Labute approximate surface area is 89.1 Å². The number of carbonyl (C=O) groups excluding carboxylic acids is 1. The maximum absolute atomic E-state index is 12.7. The van der Waals surface area contributed by atoms with Gasteiger partial charge in [0.25, 0.3) is 0 Å². The molecule has 0 spiro atoms. The zero-order valence-electron chi connectivity index (χ0n) is 8.35. The van der Waals surface area contributed by atoms with Crippen molar-refractivity contribution in [1.82, 2.24) is 4.98 Å². The Morgan fingerprint density at radius 2 is 2.00 bits per heavy atom. The minimum absolute atomic E-state index is 0.0328. The monoisotopic (exact) mass is 227 g/mol. The standard InChI is InChI=1S/C11H8F3NO/c1-6-8(5-16)7-3-2-4-9(10(7)15-6)11(12,13)14/h2-5,15H,1H3. The molecule has 0 unspecified atom stereocenters. The number of nitrogens with one attached hydrogen (secondary N) is 1. The number of alkyl halides is 3. The molecule has 2 nitrogen and oxygen atoms in total. The summed E-state index contributed by atoms with van der Waals surface area (Å²) in [5.41, 5.74) is -0.0569. The van der Waals surface area contributed by atoms with Gasteiger partial charge in [-0.2, -0.15) is 13.2 Å². The summed E-state index contributed by atoms with van der Waals surface area (Å²) in [5, 5.41) is 0.308. The number of H-pyrrole nitrogens is 1. The molecular formula is C11H8F3NO. The third kappa shape index (κ3) is 1.48. The summed E-state index contributed by atoms with van der Waals surface area (Å²) in [7, 11) is 0. The van der Waals surface area contributed by atoms with Crippen LogP contribution in [-0.2, 0) is 6.18 Å². The van der Waals surface area contributed by atoms with Crippen LogP contribution in [0, 0.1) is 6.92 Å². The van der Waals surface area contributed by atoms with Crippen LogP contribution in [0.3, 0.4) is 0 Å². The molecule has 16 heavy (non-hydrogen) atoms. The van der Waals surface area contributed by atoms with Gasteiger partial charge in [-0.05, 0) is 13.0 Å². The lowest BCUT2D eigenvalue weighted by Gasteiger charge is -2.07. The lowest BCUT2D eigenvalue weighted by atomic mass is 10.1. The molecule has 0 aliphatic heterocycles. The number of halogens is 3. The van der Waals surface area contributed by atoms with Crippen LogP contribution in [0.5, 0.6) is 0 Å². The highest BCUT2D eigenvalue weighted by Gasteiger charge is 2.33. The first kappa shape index (κ1) is 10.7. The van der Waals surface area contributed by atoms with E-state index >= 15 is 0 Å². The first-order chi connectivity index (χ1) is 7.45. The second-order valence-corrected chi connectivity index (χ2v) is 3.51. The number of carbonyl (C=O) groups is 1. The molecule has 1 heterocycles. The number of para-hydroxylation sites is 1. The molecule has 1 N–H and O–H groups in total. The Bertz CT molecular complexity index is 554. The van der Waals surface area contributed by atoms with Gasteiger partial charge < -0.3 is 4.98 Å². The van der Waals surface area contributed by atoms with Crippen LogP contribution in [-0.4, -0.2) is 11.3 Å². The highest BCUT2D eigenvalue weighted by molar-refractivity contribution is 6.00. The lowest BCUT2D eigenvalue weighted by Crippen LogP contribution is -2.05. The van der Waals surface area contributed by atoms with Crippen molar-refractivity contribution < 1.29 is 18.0 Å². The topological polar surface area (TPSA) is 32.9 Å². The number of rotatable bonds is 1. The first-order valence-corrected chi connectivity index (χ1v) is 4.59. The van der Waals surface area contributed by atoms with Gasteiger partial charge in [-0.15, -0.1) is 0 Å². The van der Waals surface area contributed by atoms with E-state index in [0.717, 1.165) is 6.07 Å². The highest BCUT2D eigenvalue weighted by atomic mass is 19.4. The SMILES string of the molecule is Cc1[nH]c2c(C(F)(F)F)cccc2c1C=O. The van der Waals surface area contributed by atoms with Gasteiger partial charge in [0, 0.05) is 16.6 Å². The second-order valence-electron chi connectivity index (χ2n) is 3.51. The third-order valence-electron chi connectivity index (χ3n) is 2.49. The van der Waals surface area contributed by atoms with E-state index in [1.807, 2.05) is 0 Å². The van der Waals surface area contributed by atoms with Gasteiger partial charge in [0.2, 0.25) is 0 Å². The molecular weight excluding hydrogens is 219 g/mol. The Balaban J connectivity index is 2.85. The van der Waals surface area contributed by atoms with E-state index < -0.39 is 11.7 Å². The van der Waals surface area contributed by atoms with Crippen molar-refractivity contribution >= 4 is 17.2 Å². The van der Waals surface area contributed by atoms with Gasteiger partial charge >= 0.3 is 6.18 Å². The van der Waals surface area contributed by atoms with Gasteiger partial charge in [-0.25, -0.2) is 0 Å². The van der Waals surface area contributed by atoms with Crippen molar-refractivity contribution in [2.75, 3.05) is 0 Å². The van der Waals surface area contributed by atoms with E-state index in [1.165, 1.54) is 12.1 Å². The van der Waals surface area contributed by atoms with Crippen LogP contribution >= 0.6 is 0 Å². The molecule has 5 heteroatoms. The van der Waals surface area contributed by atoms with Crippen molar-refractivity contribution in [2.24, 2.45) is 0 Å². The van der Waals surface area contributed by atoms with Crippen molar-refractivity contribution in [1.29, 1.82) is 0 Å². The minimum Gasteiger partial charge on any atom is -0.358 e. The summed E-state index contributed by atoms with van der Waals surface area (Å²) >= 11 is 0. The van der Waals surface area contributed by atoms with Crippen LogP contribution in [0.4, 0.5) is 13.2 Å². The maximum atomic E-state index is 12.7. The molecule has 0 amide bonds. The van der Waals surface area contributed by atoms with E-state index in [4.69, 9.17) is 0 Å². The van der Waals surface area contributed by atoms with Crippen molar-refractivity contribution in [3.05, 3.63) is 35.0 Å². The molecule has 2 aromatic rings. The maximum Gasteiger partial charge on any atom is 0.418 e. The van der Waals surface area contributed by atoms with Gasteiger partial charge in [-0.1, -0.05) is 12.1 Å². The zero-order chi connectivity index (χ0) is 11.9. The summed E-state index contributed by atoms with van der Waals surface area (Å²) in [5.74, 6) is 0. The molecule has 0 aliphatic rings. The van der Waals surface area contributed by atoms with Gasteiger partial charge in [0.05, 0.1) is 11.1 Å². The summed E-state index contributed by atoms with van der Waals surface area (Å²) < 4.78 is 38.0. The van der Waals surface area contributed by atoms with Crippen molar-refractivity contribution in [2.45, 2.75) is 13.1 Å². The number of aromatic nitrogens is 1. The normalized spacial score (nSPS) is 12.0. The van der Waals surface area contributed by atoms with Crippen LogP contribution < -0.4 is 0 Å². The van der Waals surface area contributed by atoms with Gasteiger partial charge in [0.1, 0.15) is 0 Å². The zero-order valence-corrected chi connectivity index (χ0v) is 8.35. The molecule has 2 rings (SSSR count). The van der Waals surface area contributed by atoms with E-state index in [9.17, 15) is 18.0 Å². The molecule has 0 fully saturated rings. The molecule has 0 saturated carbocycles. The average molecular weight is 227 g/mol. The number of hydrogen-bond donors (Lipinski definition) is 1. The van der Waals surface area contributed by atoms with E-state index in [-0.39, 0.29) is 11.1 Å².